The number of benzene rings is 2. The van der Waals surface area contributed by atoms with Crippen LogP contribution in [0.3, 0.4) is 0 Å². The molecule has 0 aliphatic carbocycles. The fraction of sp³-hybridized carbons (Fsp3) is 0.381. The Bertz CT molecular complexity index is 590. The van der Waals surface area contributed by atoms with E-state index in [9.17, 15) is 4.79 Å². The second-order valence-corrected chi connectivity index (χ2v) is 5.84. The van der Waals surface area contributed by atoms with Crippen molar-refractivity contribution >= 4 is 5.97 Å². The summed E-state index contributed by atoms with van der Waals surface area (Å²) in [6.07, 6.45) is 7.49. The van der Waals surface area contributed by atoms with E-state index in [4.69, 9.17) is 9.47 Å². The molecule has 0 fully saturated rings. The highest BCUT2D eigenvalue weighted by atomic mass is 16.5. The van der Waals surface area contributed by atoms with Gasteiger partial charge in [-0.25, -0.2) is 4.79 Å². The third-order valence-corrected chi connectivity index (χ3v) is 3.81. The van der Waals surface area contributed by atoms with Crippen molar-refractivity contribution in [3.05, 3.63) is 60.2 Å². The summed E-state index contributed by atoms with van der Waals surface area (Å²) in [5, 5.41) is 0. The minimum Gasteiger partial charge on any atom is -0.494 e. The van der Waals surface area contributed by atoms with Crippen LogP contribution >= 0.6 is 0 Å². The van der Waals surface area contributed by atoms with E-state index in [-0.39, 0.29) is 5.97 Å². The normalized spacial score (nSPS) is 10.4. The Morgan fingerprint density at radius 2 is 1.42 bits per heavy atom. The van der Waals surface area contributed by atoms with Crippen molar-refractivity contribution in [3.8, 4) is 11.5 Å². The van der Waals surface area contributed by atoms with Gasteiger partial charge in [-0.3, -0.25) is 0 Å². The highest BCUT2D eigenvalue weighted by Crippen LogP contribution is 2.19. The van der Waals surface area contributed by atoms with Gasteiger partial charge in [-0.1, -0.05) is 57.2 Å². The van der Waals surface area contributed by atoms with E-state index in [1.54, 1.807) is 24.3 Å². The van der Waals surface area contributed by atoms with Gasteiger partial charge in [-0.2, -0.15) is 0 Å². The molecule has 0 unspecified atom stereocenters. The molecule has 0 saturated carbocycles. The second-order valence-electron chi connectivity index (χ2n) is 5.84. The van der Waals surface area contributed by atoms with E-state index in [1.165, 1.54) is 32.1 Å². The van der Waals surface area contributed by atoms with E-state index in [0.717, 1.165) is 18.8 Å². The molecule has 0 aliphatic heterocycles. The average Bonchev–Trinajstić information content (AvgIpc) is 2.63. The summed E-state index contributed by atoms with van der Waals surface area (Å²) in [5.74, 6) is 0.982. The van der Waals surface area contributed by atoms with Crippen LogP contribution in [0.1, 0.15) is 55.8 Å². The minimum absolute atomic E-state index is 0.351. The van der Waals surface area contributed by atoms with Crippen LogP contribution in [0.2, 0.25) is 0 Å². The Morgan fingerprint density at radius 3 is 2.12 bits per heavy atom. The molecule has 0 atom stereocenters. The first-order valence-electron chi connectivity index (χ1n) is 8.79. The monoisotopic (exact) mass is 326 g/mol. The highest BCUT2D eigenvalue weighted by Gasteiger charge is 2.07. The zero-order valence-electron chi connectivity index (χ0n) is 14.4. The summed E-state index contributed by atoms with van der Waals surface area (Å²) < 4.78 is 11.1. The molecule has 0 aliphatic rings. The van der Waals surface area contributed by atoms with Crippen LogP contribution in [-0.4, -0.2) is 12.6 Å². The Kier molecular flexibility index (Phi) is 7.88. The molecule has 0 bridgehead atoms. The largest absolute Gasteiger partial charge is 0.494 e. The molecule has 24 heavy (non-hydrogen) atoms. The Morgan fingerprint density at radius 1 is 0.792 bits per heavy atom. The fourth-order valence-corrected chi connectivity index (χ4v) is 2.42. The number of carbonyl (C=O) groups excluding carboxylic acids is 1. The molecule has 0 amide bonds. The summed E-state index contributed by atoms with van der Waals surface area (Å²) in [6, 6.07) is 16.2. The standard InChI is InChI=1S/C21H26O3/c1-2-3-4-5-6-10-17-23-19-13-15-20(16-14-19)24-21(22)18-11-8-7-9-12-18/h7-9,11-16H,2-6,10,17H2,1H3. The maximum absolute atomic E-state index is 12.0. The molecule has 2 rings (SSSR count). The predicted molar refractivity (Wildman–Crippen MR) is 96.7 cm³/mol. The van der Waals surface area contributed by atoms with Crippen LogP contribution in [-0.2, 0) is 0 Å². The number of hydrogen-bond donors (Lipinski definition) is 0. The number of unbranched alkanes of at least 4 members (excludes halogenated alkanes) is 5. The maximum atomic E-state index is 12.0. The van der Waals surface area contributed by atoms with Gasteiger partial charge in [-0.15, -0.1) is 0 Å². The molecule has 0 spiro atoms. The lowest BCUT2D eigenvalue weighted by atomic mass is 10.1. The zero-order chi connectivity index (χ0) is 17.0. The van der Waals surface area contributed by atoms with Crippen LogP contribution in [0, 0.1) is 0 Å². The number of carbonyl (C=O) groups is 1. The first-order chi connectivity index (χ1) is 11.8. The number of ether oxygens (including phenoxy) is 2. The van der Waals surface area contributed by atoms with Gasteiger partial charge < -0.3 is 9.47 Å². The third kappa shape index (κ3) is 6.45. The average molecular weight is 326 g/mol. The lowest BCUT2D eigenvalue weighted by Gasteiger charge is -2.08. The zero-order valence-corrected chi connectivity index (χ0v) is 14.4. The second kappa shape index (κ2) is 10.5. The summed E-state index contributed by atoms with van der Waals surface area (Å²) in [6.45, 7) is 2.96. The van der Waals surface area contributed by atoms with E-state index in [0.29, 0.717) is 11.3 Å². The van der Waals surface area contributed by atoms with Gasteiger partial charge >= 0.3 is 5.97 Å². The van der Waals surface area contributed by atoms with Crippen LogP contribution in [0.15, 0.2) is 54.6 Å². The Labute approximate surface area is 144 Å². The van der Waals surface area contributed by atoms with Crippen molar-refractivity contribution in [3.63, 3.8) is 0 Å². The molecule has 2 aromatic rings. The van der Waals surface area contributed by atoms with Crippen molar-refractivity contribution < 1.29 is 14.3 Å². The first kappa shape index (κ1) is 18.1. The molecule has 0 N–H and O–H groups in total. The SMILES string of the molecule is CCCCCCCCOc1ccc(OC(=O)c2ccccc2)cc1. The summed E-state index contributed by atoms with van der Waals surface area (Å²) >= 11 is 0. The van der Waals surface area contributed by atoms with Crippen LogP contribution in [0.4, 0.5) is 0 Å². The Balaban J connectivity index is 1.70. The number of esters is 1. The van der Waals surface area contributed by atoms with Gasteiger partial charge in [0.1, 0.15) is 11.5 Å². The van der Waals surface area contributed by atoms with Crippen molar-refractivity contribution in [2.24, 2.45) is 0 Å². The van der Waals surface area contributed by atoms with Gasteiger partial charge in [0.15, 0.2) is 0 Å². The minimum atomic E-state index is -0.351. The molecule has 2 aromatic carbocycles. The van der Waals surface area contributed by atoms with Crippen LogP contribution < -0.4 is 9.47 Å². The van der Waals surface area contributed by atoms with Crippen molar-refractivity contribution in [1.29, 1.82) is 0 Å². The lowest BCUT2D eigenvalue weighted by Crippen LogP contribution is -2.08. The summed E-state index contributed by atoms with van der Waals surface area (Å²) in [5.41, 5.74) is 0.542. The summed E-state index contributed by atoms with van der Waals surface area (Å²) in [7, 11) is 0. The highest BCUT2D eigenvalue weighted by molar-refractivity contribution is 5.90. The molecule has 128 valence electrons. The molecule has 0 aromatic heterocycles. The molecule has 3 heteroatoms. The van der Waals surface area contributed by atoms with Gasteiger partial charge in [0.25, 0.3) is 0 Å². The Hall–Kier alpha value is -2.29. The first-order valence-corrected chi connectivity index (χ1v) is 8.79. The fourth-order valence-electron chi connectivity index (χ4n) is 2.42. The number of rotatable bonds is 10. The van der Waals surface area contributed by atoms with E-state index >= 15 is 0 Å². The van der Waals surface area contributed by atoms with Crippen molar-refractivity contribution in [2.75, 3.05) is 6.61 Å². The molecule has 3 nitrogen and oxygen atoms in total. The smallest absolute Gasteiger partial charge is 0.343 e. The quantitative estimate of drug-likeness (QED) is 0.322. The van der Waals surface area contributed by atoms with E-state index < -0.39 is 0 Å². The van der Waals surface area contributed by atoms with E-state index in [1.807, 2.05) is 30.3 Å². The third-order valence-electron chi connectivity index (χ3n) is 3.81. The molecule has 0 heterocycles. The van der Waals surface area contributed by atoms with E-state index in [2.05, 4.69) is 6.92 Å². The van der Waals surface area contributed by atoms with Crippen LogP contribution in [0.5, 0.6) is 11.5 Å². The van der Waals surface area contributed by atoms with Gasteiger partial charge in [-0.05, 0) is 42.8 Å². The predicted octanol–water partition coefficient (Wildman–Crippen LogP) is 5.65. The molecule has 0 radical (unpaired) electrons. The summed E-state index contributed by atoms with van der Waals surface area (Å²) in [4.78, 5) is 12.0. The van der Waals surface area contributed by atoms with Gasteiger partial charge in [0, 0.05) is 0 Å². The maximum Gasteiger partial charge on any atom is 0.343 e. The topological polar surface area (TPSA) is 35.5 Å². The molecular formula is C21H26O3. The molecular weight excluding hydrogens is 300 g/mol. The van der Waals surface area contributed by atoms with Crippen molar-refractivity contribution in [1.82, 2.24) is 0 Å². The van der Waals surface area contributed by atoms with Gasteiger partial charge in [0.05, 0.1) is 12.2 Å². The van der Waals surface area contributed by atoms with Gasteiger partial charge in [0.2, 0.25) is 0 Å². The number of hydrogen-bond acceptors (Lipinski definition) is 3. The lowest BCUT2D eigenvalue weighted by molar-refractivity contribution is 0.0734. The molecule has 0 saturated heterocycles. The van der Waals surface area contributed by atoms with Crippen LogP contribution in [0.25, 0.3) is 0 Å². The van der Waals surface area contributed by atoms with Crippen molar-refractivity contribution in [2.45, 2.75) is 45.4 Å².